The highest BCUT2D eigenvalue weighted by Gasteiger charge is 2.29. The van der Waals surface area contributed by atoms with Crippen LogP contribution in [0.3, 0.4) is 0 Å². The molecule has 0 radical (unpaired) electrons. The Kier molecular flexibility index (Phi) is 4.89. The third-order valence-electron chi connectivity index (χ3n) is 4.41. The molecular weight excluding hydrogens is 314 g/mol. The summed E-state index contributed by atoms with van der Waals surface area (Å²) in [6.45, 7) is 3.30. The molecule has 1 amide bonds. The molecule has 2 atom stereocenters. The fourth-order valence-corrected chi connectivity index (χ4v) is 3.05. The van der Waals surface area contributed by atoms with Crippen molar-refractivity contribution >= 4 is 5.91 Å². The molecule has 3 N–H and O–H groups in total. The Morgan fingerprint density at radius 1 is 1.33 bits per heavy atom. The maximum absolute atomic E-state index is 13.5. The van der Waals surface area contributed by atoms with Gasteiger partial charge < -0.3 is 10.6 Å². The number of hydrogen-bond donors (Lipinski definition) is 3. The van der Waals surface area contributed by atoms with Gasteiger partial charge in [-0.25, -0.2) is 8.78 Å². The first kappa shape index (κ1) is 16.6. The minimum atomic E-state index is -0.865. The van der Waals surface area contributed by atoms with Crippen molar-refractivity contribution in [1.29, 1.82) is 0 Å². The number of nitrogens with zero attached hydrogens (tertiary/aromatic N) is 1. The Morgan fingerprint density at radius 2 is 2.17 bits per heavy atom. The van der Waals surface area contributed by atoms with Gasteiger partial charge in [0, 0.05) is 24.2 Å². The molecule has 0 bridgehead atoms. The summed E-state index contributed by atoms with van der Waals surface area (Å²) in [6, 6.07) is 5.44. The number of carbonyl (C=O) groups is 1. The summed E-state index contributed by atoms with van der Waals surface area (Å²) in [7, 11) is 0. The van der Waals surface area contributed by atoms with Crippen LogP contribution in [0.1, 0.15) is 41.0 Å². The van der Waals surface area contributed by atoms with Crippen LogP contribution >= 0.6 is 0 Å². The SMILES string of the molecule is CCc1cc(C(=O)NC2CNCCC2c2ccc(F)c(F)c2)n[nH]1. The van der Waals surface area contributed by atoms with Crippen LogP contribution in [-0.2, 0) is 6.42 Å². The highest BCUT2D eigenvalue weighted by atomic mass is 19.2. The number of benzene rings is 1. The van der Waals surface area contributed by atoms with Crippen LogP contribution in [0.4, 0.5) is 8.78 Å². The molecule has 24 heavy (non-hydrogen) atoms. The fourth-order valence-electron chi connectivity index (χ4n) is 3.05. The van der Waals surface area contributed by atoms with E-state index in [4.69, 9.17) is 0 Å². The molecular formula is C17H20F2N4O. The molecule has 0 spiro atoms. The van der Waals surface area contributed by atoms with E-state index in [-0.39, 0.29) is 17.9 Å². The molecule has 1 aromatic heterocycles. The van der Waals surface area contributed by atoms with Crippen molar-refractivity contribution < 1.29 is 13.6 Å². The first-order valence-electron chi connectivity index (χ1n) is 8.09. The fraction of sp³-hybridized carbons (Fsp3) is 0.412. The number of aromatic nitrogens is 2. The molecule has 3 rings (SSSR count). The van der Waals surface area contributed by atoms with Gasteiger partial charge in [0.05, 0.1) is 0 Å². The minimum absolute atomic E-state index is 0.0742. The molecule has 0 saturated carbocycles. The van der Waals surface area contributed by atoms with E-state index >= 15 is 0 Å². The average molecular weight is 334 g/mol. The van der Waals surface area contributed by atoms with Crippen molar-refractivity contribution in [2.24, 2.45) is 0 Å². The van der Waals surface area contributed by atoms with Crippen LogP contribution in [0.5, 0.6) is 0 Å². The third-order valence-corrected chi connectivity index (χ3v) is 4.41. The lowest BCUT2D eigenvalue weighted by Gasteiger charge is -2.33. The van der Waals surface area contributed by atoms with Crippen molar-refractivity contribution in [3.63, 3.8) is 0 Å². The number of carbonyl (C=O) groups excluding carboxylic acids is 1. The number of nitrogens with one attached hydrogen (secondary N) is 3. The van der Waals surface area contributed by atoms with Crippen LogP contribution in [-0.4, -0.2) is 35.2 Å². The molecule has 2 aromatic rings. The van der Waals surface area contributed by atoms with Crippen molar-refractivity contribution in [3.05, 3.63) is 52.9 Å². The van der Waals surface area contributed by atoms with Crippen LogP contribution in [0.15, 0.2) is 24.3 Å². The van der Waals surface area contributed by atoms with Gasteiger partial charge in [-0.3, -0.25) is 9.89 Å². The second-order valence-electron chi connectivity index (χ2n) is 5.98. The zero-order chi connectivity index (χ0) is 17.1. The van der Waals surface area contributed by atoms with E-state index in [1.165, 1.54) is 6.07 Å². The van der Waals surface area contributed by atoms with Gasteiger partial charge >= 0.3 is 0 Å². The van der Waals surface area contributed by atoms with Gasteiger partial charge in [0.25, 0.3) is 5.91 Å². The van der Waals surface area contributed by atoms with Crippen LogP contribution in [0.25, 0.3) is 0 Å². The van der Waals surface area contributed by atoms with Gasteiger partial charge in [0.1, 0.15) is 5.69 Å². The summed E-state index contributed by atoms with van der Waals surface area (Å²) in [5.41, 5.74) is 1.91. The molecule has 1 aromatic carbocycles. The maximum atomic E-state index is 13.5. The van der Waals surface area contributed by atoms with E-state index in [1.54, 1.807) is 12.1 Å². The van der Waals surface area contributed by atoms with Crippen LogP contribution < -0.4 is 10.6 Å². The molecule has 1 aliphatic heterocycles. The van der Waals surface area contributed by atoms with Gasteiger partial charge in [0.2, 0.25) is 0 Å². The number of rotatable bonds is 4. The average Bonchev–Trinajstić information content (AvgIpc) is 3.07. The highest BCUT2D eigenvalue weighted by molar-refractivity contribution is 5.92. The Hall–Kier alpha value is -2.28. The zero-order valence-electron chi connectivity index (χ0n) is 13.4. The Morgan fingerprint density at radius 3 is 2.88 bits per heavy atom. The van der Waals surface area contributed by atoms with E-state index in [2.05, 4.69) is 20.8 Å². The normalized spacial score (nSPS) is 20.8. The highest BCUT2D eigenvalue weighted by Crippen LogP contribution is 2.27. The number of piperidine rings is 1. The van der Waals surface area contributed by atoms with Crippen molar-refractivity contribution in [1.82, 2.24) is 20.8 Å². The lowest BCUT2D eigenvalue weighted by atomic mass is 9.86. The molecule has 128 valence electrons. The Labute approximate surface area is 138 Å². The minimum Gasteiger partial charge on any atom is -0.346 e. The first-order chi connectivity index (χ1) is 11.6. The lowest BCUT2D eigenvalue weighted by Crippen LogP contribution is -2.50. The number of aromatic amines is 1. The third kappa shape index (κ3) is 3.46. The topological polar surface area (TPSA) is 69.8 Å². The van der Waals surface area contributed by atoms with E-state index < -0.39 is 11.6 Å². The van der Waals surface area contributed by atoms with Crippen molar-refractivity contribution in [2.45, 2.75) is 31.7 Å². The summed E-state index contributed by atoms with van der Waals surface area (Å²) in [6.07, 6.45) is 1.50. The molecule has 2 heterocycles. The van der Waals surface area contributed by atoms with Gasteiger partial charge in [-0.15, -0.1) is 0 Å². The number of H-pyrrole nitrogens is 1. The Bertz CT molecular complexity index is 731. The van der Waals surface area contributed by atoms with E-state index in [0.717, 1.165) is 31.1 Å². The zero-order valence-corrected chi connectivity index (χ0v) is 13.4. The van der Waals surface area contributed by atoms with Gasteiger partial charge in [-0.2, -0.15) is 5.10 Å². The summed E-state index contributed by atoms with van der Waals surface area (Å²) in [5, 5.41) is 13.0. The standard InChI is InChI=1S/C17H20F2N4O/c1-2-11-8-15(23-22-11)17(24)21-16-9-20-6-5-12(16)10-3-4-13(18)14(19)7-10/h3-4,7-8,12,16,20H,2,5-6,9H2,1H3,(H,21,24)(H,22,23). The van der Waals surface area contributed by atoms with Gasteiger partial charge in [-0.05, 0) is 43.1 Å². The quantitative estimate of drug-likeness (QED) is 0.802. The number of halogens is 2. The predicted octanol–water partition coefficient (Wildman–Crippen LogP) is 2.13. The van der Waals surface area contributed by atoms with E-state index in [1.807, 2.05) is 6.92 Å². The van der Waals surface area contributed by atoms with E-state index in [0.29, 0.717) is 17.8 Å². The summed E-state index contributed by atoms with van der Waals surface area (Å²) in [5.74, 6) is -2.07. The van der Waals surface area contributed by atoms with Crippen molar-refractivity contribution in [3.8, 4) is 0 Å². The van der Waals surface area contributed by atoms with Gasteiger partial charge in [0.15, 0.2) is 11.6 Å². The molecule has 1 fully saturated rings. The molecule has 0 aliphatic carbocycles. The number of amides is 1. The predicted molar refractivity (Wildman–Crippen MR) is 85.8 cm³/mol. The first-order valence-corrected chi connectivity index (χ1v) is 8.09. The lowest BCUT2D eigenvalue weighted by molar-refractivity contribution is 0.0919. The molecule has 7 heteroatoms. The Balaban J connectivity index is 1.76. The number of hydrogen-bond acceptors (Lipinski definition) is 3. The number of aryl methyl sites for hydroxylation is 1. The summed E-state index contributed by atoms with van der Waals surface area (Å²) < 4.78 is 26.7. The largest absolute Gasteiger partial charge is 0.346 e. The van der Waals surface area contributed by atoms with Crippen molar-refractivity contribution in [2.75, 3.05) is 13.1 Å². The second-order valence-corrected chi connectivity index (χ2v) is 5.98. The monoisotopic (exact) mass is 334 g/mol. The molecule has 5 nitrogen and oxygen atoms in total. The second kappa shape index (κ2) is 7.09. The van der Waals surface area contributed by atoms with Gasteiger partial charge in [-0.1, -0.05) is 13.0 Å². The maximum Gasteiger partial charge on any atom is 0.272 e. The summed E-state index contributed by atoms with van der Waals surface area (Å²) in [4.78, 5) is 12.4. The molecule has 1 saturated heterocycles. The van der Waals surface area contributed by atoms with E-state index in [9.17, 15) is 13.6 Å². The smallest absolute Gasteiger partial charge is 0.272 e. The van der Waals surface area contributed by atoms with Crippen LogP contribution in [0, 0.1) is 11.6 Å². The molecule has 2 unspecified atom stereocenters. The molecule has 1 aliphatic rings. The summed E-state index contributed by atoms with van der Waals surface area (Å²) >= 11 is 0. The van der Waals surface area contributed by atoms with Crippen LogP contribution in [0.2, 0.25) is 0 Å².